The summed E-state index contributed by atoms with van der Waals surface area (Å²) in [5, 5.41) is 0. The second kappa shape index (κ2) is 19.6. The summed E-state index contributed by atoms with van der Waals surface area (Å²) >= 11 is 0. The molecule has 1 saturated carbocycles. The van der Waals surface area contributed by atoms with E-state index in [1.165, 1.54) is 96.3 Å². The molecule has 4 nitrogen and oxygen atoms in total. The Balaban J connectivity index is 2.07. The summed E-state index contributed by atoms with van der Waals surface area (Å²) in [7, 11) is 0. The Labute approximate surface area is 192 Å². The van der Waals surface area contributed by atoms with Gasteiger partial charge in [0.1, 0.15) is 6.10 Å². The van der Waals surface area contributed by atoms with E-state index < -0.39 is 0 Å². The third kappa shape index (κ3) is 15.4. The summed E-state index contributed by atoms with van der Waals surface area (Å²) in [6.07, 6.45) is 23.3. The van der Waals surface area contributed by atoms with Gasteiger partial charge < -0.3 is 9.47 Å². The van der Waals surface area contributed by atoms with Gasteiger partial charge in [-0.3, -0.25) is 9.59 Å². The molecular formula is C27H50O4. The lowest BCUT2D eigenvalue weighted by atomic mass is 9.83. The summed E-state index contributed by atoms with van der Waals surface area (Å²) in [5.74, 6) is -0.0246. The summed E-state index contributed by atoms with van der Waals surface area (Å²) < 4.78 is 10.8. The van der Waals surface area contributed by atoms with Crippen LogP contribution in [0.15, 0.2) is 0 Å². The molecule has 0 spiro atoms. The number of ether oxygens (including phenoxy) is 2. The van der Waals surface area contributed by atoms with Crippen molar-refractivity contribution in [2.45, 2.75) is 148 Å². The molecule has 0 amide bonds. The van der Waals surface area contributed by atoms with E-state index in [2.05, 4.69) is 6.92 Å². The summed E-state index contributed by atoms with van der Waals surface area (Å²) in [6, 6.07) is 0. The van der Waals surface area contributed by atoms with Crippen molar-refractivity contribution in [3.05, 3.63) is 0 Å². The van der Waals surface area contributed by atoms with Crippen LogP contribution in [0.2, 0.25) is 0 Å². The van der Waals surface area contributed by atoms with Crippen molar-refractivity contribution in [3.8, 4) is 0 Å². The fourth-order valence-corrected chi connectivity index (χ4v) is 4.63. The molecule has 0 saturated heterocycles. The van der Waals surface area contributed by atoms with Gasteiger partial charge in [-0.2, -0.15) is 0 Å². The first-order valence-corrected chi connectivity index (χ1v) is 13.5. The van der Waals surface area contributed by atoms with Gasteiger partial charge in [-0.25, -0.2) is 0 Å². The molecule has 0 aromatic carbocycles. The number of carbonyl (C=O) groups excluding carboxylic acids is 2. The number of hydrogen-bond donors (Lipinski definition) is 0. The van der Waals surface area contributed by atoms with Gasteiger partial charge in [0.2, 0.25) is 0 Å². The molecule has 2 atom stereocenters. The van der Waals surface area contributed by atoms with E-state index in [0.717, 1.165) is 19.3 Å². The lowest BCUT2D eigenvalue weighted by molar-refractivity contribution is -0.157. The van der Waals surface area contributed by atoms with Gasteiger partial charge >= 0.3 is 11.9 Å². The van der Waals surface area contributed by atoms with Crippen LogP contribution in [0.25, 0.3) is 0 Å². The first kappa shape index (κ1) is 28.0. The zero-order valence-corrected chi connectivity index (χ0v) is 20.6. The third-order valence-corrected chi connectivity index (χ3v) is 6.55. The van der Waals surface area contributed by atoms with E-state index in [9.17, 15) is 9.59 Å². The van der Waals surface area contributed by atoms with E-state index >= 15 is 0 Å². The van der Waals surface area contributed by atoms with Crippen molar-refractivity contribution in [2.75, 3.05) is 6.61 Å². The highest BCUT2D eigenvalue weighted by molar-refractivity contribution is 5.77. The van der Waals surface area contributed by atoms with E-state index in [4.69, 9.17) is 9.47 Å². The van der Waals surface area contributed by atoms with Crippen molar-refractivity contribution in [3.63, 3.8) is 0 Å². The number of rotatable bonds is 19. The predicted molar refractivity (Wildman–Crippen MR) is 128 cm³/mol. The molecule has 0 bridgehead atoms. The van der Waals surface area contributed by atoms with Gasteiger partial charge in [0.15, 0.2) is 0 Å². The van der Waals surface area contributed by atoms with E-state index in [1.807, 2.05) is 6.92 Å². The maximum atomic E-state index is 12.2. The van der Waals surface area contributed by atoms with Crippen LogP contribution in [-0.2, 0) is 19.1 Å². The zero-order valence-electron chi connectivity index (χ0n) is 20.6. The molecule has 182 valence electrons. The standard InChI is InChI=1S/C27H50O4/c1-3-5-6-7-8-9-10-11-12-13-14-15-18-24-19-16-17-20-25(24)31-27(29)22-21-26(28)30-23-4-2/h24-25H,3-23H2,1-2H3. The van der Waals surface area contributed by atoms with E-state index in [-0.39, 0.29) is 30.9 Å². The smallest absolute Gasteiger partial charge is 0.306 e. The number of hydrogen-bond acceptors (Lipinski definition) is 4. The maximum Gasteiger partial charge on any atom is 0.306 e. The molecule has 1 aliphatic rings. The first-order valence-electron chi connectivity index (χ1n) is 13.5. The highest BCUT2D eigenvalue weighted by Crippen LogP contribution is 2.31. The quantitative estimate of drug-likeness (QED) is 0.152. The normalized spacial score (nSPS) is 18.6. The Morgan fingerprint density at radius 1 is 0.677 bits per heavy atom. The minimum Gasteiger partial charge on any atom is -0.466 e. The lowest BCUT2D eigenvalue weighted by Crippen LogP contribution is -2.30. The molecule has 0 heterocycles. The van der Waals surface area contributed by atoms with E-state index in [0.29, 0.717) is 12.5 Å². The van der Waals surface area contributed by atoms with Crippen LogP contribution < -0.4 is 0 Å². The van der Waals surface area contributed by atoms with Gasteiger partial charge in [0.25, 0.3) is 0 Å². The van der Waals surface area contributed by atoms with Crippen LogP contribution in [0, 0.1) is 5.92 Å². The average molecular weight is 439 g/mol. The van der Waals surface area contributed by atoms with Crippen molar-refractivity contribution >= 4 is 11.9 Å². The molecule has 2 unspecified atom stereocenters. The Hall–Kier alpha value is -1.06. The molecule has 31 heavy (non-hydrogen) atoms. The van der Waals surface area contributed by atoms with Gasteiger partial charge in [0, 0.05) is 0 Å². The van der Waals surface area contributed by atoms with Gasteiger partial charge in [0.05, 0.1) is 19.4 Å². The van der Waals surface area contributed by atoms with Gasteiger partial charge in [-0.05, 0) is 38.0 Å². The molecule has 1 aliphatic carbocycles. The minimum absolute atomic E-state index is 0.0561. The molecule has 0 aromatic heterocycles. The average Bonchev–Trinajstić information content (AvgIpc) is 2.78. The SMILES string of the molecule is CCCCCCCCCCCCCCC1CCCCC1OC(=O)CCC(=O)OCCC. The monoisotopic (exact) mass is 438 g/mol. The van der Waals surface area contributed by atoms with Crippen LogP contribution in [0.4, 0.5) is 0 Å². The van der Waals surface area contributed by atoms with Gasteiger partial charge in [-0.15, -0.1) is 0 Å². The Morgan fingerprint density at radius 2 is 1.23 bits per heavy atom. The summed E-state index contributed by atoms with van der Waals surface area (Å²) in [4.78, 5) is 23.8. The van der Waals surface area contributed by atoms with Crippen LogP contribution in [0.1, 0.15) is 142 Å². The molecule has 0 N–H and O–H groups in total. The lowest BCUT2D eigenvalue weighted by Gasteiger charge is -2.31. The highest BCUT2D eigenvalue weighted by atomic mass is 16.5. The van der Waals surface area contributed by atoms with Crippen molar-refractivity contribution in [2.24, 2.45) is 5.92 Å². The molecule has 0 aromatic rings. The van der Waals surface area contributed by atoms with Crippen LogP contribution in [0.5, 0.6) is 0 Å². The molecule has 0 aliphatic heterocycles. The van der Waals surface area contributed by atoms with Crippen LogP contribution in [0.3, 0.4) is 0 Å². The predicted octanol–water partition coefficient (Wildman–Crippen LogP) is 7.91. The fraction of sp³-hybridized carbons (Fsp3) is 0.926. The number of esters is 2. The van der Waals surface area contributed by atoms with Crippen molar-refractivity contribution in [1.29, 1.82) is 0 Å². The topological polar surface area (TPSA) is 52.6 Å². The number of carbonyl (C=O) groups is 2. The summed E-state index contributed by atoms with van der Waals surface area (Å²) in [6.45, 7) is 4.66. The second-order valence-corrected chi connectivity index (χ2v) is 9.47. The molecular weight excluding hydrogens is 388 g/mol. The second-order valence-electron chi connectivity index (χ2n) is 9.47. The summed E-state index contributed by atoms with van der Waals surface area (Å²) in [5.41, 5.74) is 0. The highest BCUT2D eigenvalue weighted by Gasteiger charge is 2.28. The zero-order chi connectivity index (χ0) is 22.6. The van der Waals surface area contributed by atoms with Crippen molar-refractivity contribution in [1.82, 2.24) is 0 Å². The Bertz CT molecular complexity index is 449. The molecule has 1 rings (SSSR count). The van der Waals surface area contributed by atoms with Crippen LogP contribution >= 0.6 is 0 Å². The maximum absolute atomic E-state index is 12.2. The molecule has 0 radical (unpaired) electrons. The fourth-order valence-electron chi connectivity index (χ4n) is 4.63. The first-order chi connectivity index (χ1) is 15.2. The Kier molecular flexibility index (Phi) is 17.7. The van der Waals surface area contributed by atoms with Crippen molar-refractivity contribution < 1.29 is 19.1 Å². The molecule has 4 heteroatoms. The van der Waals surface area contributed by atoms with Gasteiger partial charge in [-0.1, -0.05) is 97.3 Å². The molecule has 1 fully saturated rings. The Morgan fingerprint density at radius 3 is 1.84 bits per heavy atom. The van der Waals surface area contributed by atoms with E-state index in [1.54, 1.807) is 0 Å². The largest absolute Gasteiger partial charge is 0.466 e. The number of unbranched alkanes of at least 4 members (excludes halogenated alkanes) is 11. The minimum atomic E-state index is -0.296. The third-order valence-electron chi connectivity index (χ3n) is 6.55. The van der Waals surface area contributed by atoms with Crippen LogP contribution in [-0.4, -0.2) is 24.6 Å².